The number of nitrogens with one attached hydrogen (secondary N) is 2. The number of hydrogen-bond acceptors (Lipinski definition) is 5. The second kappa shape index (κ2) is 13.9. The third-order valence-electron chi connectivity index (χ3n) is 8.04. The van der Waals surface area contributed by atoms with E-state index in [4.69, 9.17) is 0 Å². The van der Waals surface area contributed by atoms with Crippen LogP contribution in [0.2, 0.25) is 0 Å². The minimum absolute atomic E-state index is 0.147. The maximum Gasteiger partial charge on any atom is 0.274 e. The van der Waals surface area contributed by atoms with E-state index >= 15 is 0 Å². The van der Waals surface area contributed by atoms with Gasteiger partial charge in [-0.25, -0.2) is 9.37 Å². The number of carbonyl (C=O) groups is 3. The number of amides is 3. The maximum absolute atomic E-state index is 14.0. The quantitative estimate of drug-likeness (QED) is 0.354. The van der Waals surface area contributed by atoms with E-state index in [-0.39, 0.29) is 29.6 Å². The molecule has 0 bridgehead atoms. The van der Waals surface area contributed by atoms with Crippen LogP contribution in [-0.4, -0.2) is 81.9 Å². The Bertz CT molecular complexity index is 1390. The highest BCUT2D eigenvalue weighted by molar-refractivity contribution is 5.93. The summed E-state index contributed by atoms with van der Waals surface area (Å²) in [5.74, 6) is -0.935. The van der Waals surface area contributed by atoms with Gasteiger partial charge in [-0.05, 0) is 68.5 Å². The van der Waals surface area contributed by atoms with Crippen molar-refractivity contribution >= 4 is 17.7 Å². The lowest BCUT2D eigenvalue weighted by Crippen LogP contribution is -2.59. The van der Waals surface area contributed by atoms with Gasteiger partial charge in [0.1, 0.15) is 23.9 Å². The van der Waals surface area contributed by atoms with E-state index in [2.05, 4.69) is 15.6 Å². The average molecular weight is 591 g/mol. The molecule has 0 spiro atoms. The third kappa shape index (κ3) is 8.07. The van der Waals surface area contributed by atoms with E-state index < -0.39 is 17.5 Å². The molecule has 4 rings (SSSR count). The summed E-state index contributed by atoms with van der Waals surface area (Å²) in [5, 5.41) is 5.89. The molecule has 0 aliphatic carbocycles. The fraction of sp³-hybridized carbons (Fsp3) is 0.455. The van der Waals surface area contributed by atoms with Crippen molar-refractivity contribution in [3.05, 3.63) is 84.2 Å². The molecule has 1 aliphatic rings. The van der Waals surface area contributed by atoms with Crippen molar-refractivity contribution in [2.45, 2.75) is 65.1 Å². The first-order valence-corrected chi connectivity index (χ1v) is 14.9. The number of nitrogens with zero attached hydrogens (tertiary/aromatic N) is 4. The summed E-state index contributed by atoms with van der Waals surface area (Å²) in [4.78, 5) is 48.6. The van der Waals surface area contributed by atoms with E-state index in [1.54, 1.807) is 48.1 Å². The van der Waals surface area contributed by atoms with Crippen LogP contribution < -0.4 is 10.6 Å². The Morgan fingerprint density at radius 1 is 1.09 bits per heavy atom. The first kappa shape index (κ1) is 31.9. The summed E-state index contributed by atoms with van der Waals surface area (Å²) in [7, 11) is 1.70. The number of halogens is 1. The zero-order valence-electron chi connectivity index (χ0n) is 25.7. The van der Waals surface area contributed by atoms with Gasteiger partial charge in [-0.15, -0.1) is 0 Å². The van der Waals surface area contributed by atoms with Crippen LogP contribution >= 0.6 is 0 Å². The van der Waals surface area contributed by atoms with Crippen molar-refractivity contribution in [3.8, 4) is 5.69 Å². The number of likely N-dealkylation sites (tertiary alicyclic amines) is 1. The highest BCUT2D eigenvalue weighted by atomic mass is 19.1. The number of hydrogen-bond donors (Lipinski definition) is 2. The molecule has 2 N–H and O–H groups in total. The SMILES string of the molecule is CN[C@@H](C)C(=O)N[C@H](C(=O)N1CCC[C@H]1CN(CCc1ccc(F)cc1)C(=O)c1cn(-c2ccccc2)cn1)C(C)(C)C. The number of aromatic nitrogens is 2. The van der Waals surface area contributed by atoms with Crippen LogP contribution in [-0.2, 0) is 16.0 Å². The van der Waals surface area contributed by atoms with Crippen molar-refractivity contribution in [2.24, 2.45) is 5.41 Å². The van der Waals surface area contributed by atoms with Gasteiger partial charge in [0.05, 0.1) is 6.04 Å². The number of para-hydroxylation sites is 1. The van der Waals surface area contributed by atoms with Gasteiger partial charge < -0.3 is 25.0 Å². The lowest BCUT2D eigenvalue weighted by molar-refractivity contribution is -0.140. The molecule has 1 aromatic heterocycles. The zero-order valence-corrected chi connectivity index (χ0v) is 25.7. The molecule has 10 heteroatoms. The predicted molar refractivity (Wildman–Crippen MR) is 164 cm³/mol. The monoisotopic (exact) mass is 590 g/mol. The lowest BCUT2D eigenvalue weighted by Gasteiger charge is -2.37. The van der Waals surface area contributed by atoms with Crippen molar-refractivity contribution in [3.63, 3.8) is 0 Å². The van der Waals surface area contributed by atoms with Crippen LogP contribution in [0.4, 0.5) is 4.39 Å². The molecule has 1 saturated heterocycles. The normalized spacial score (nSPS) is 16.5. The molecule has 3 aromatic rings. The number of benzene rings is 2. The standard InChI is InChI=1S/C33H43FN6O3/c1-23(35-5)30(41)37-29(33(2,3)4)32(43)40-18-9-12-27(40)20-38(19-17-24-13-15-25(34)16-14-24)31(42)28-21-39(22-36-28)26-10-7-6-8-11-26/h6-8,10-11,13-16,21-23,27,29,35H,9,12,17-20H2,1-5H3,(H,37,41)/t23-,27-,29+/m0/s1. The molecule has 230 valence electrons. The van der Waals surface area contributed by atoms with E-state index in [0.717, 1.165) is 24.1 Å². The highest BCUT2D eigenvalue weighted by Gasteiger charge is 2.41. The zero-order chi connectivity index (χ0) is 31.1. The fourth-order valence-corrected chi connectivity index (χ4v) is 5.31. The molecule has 3 atom stereocenters. The van der Waals surface area contributed by atoms with Crippen LogP contribution in [0.15, 0.2) is 67.1 Å². The first-order valence-electron chi connectivity index (χ1n) is 14.9. The first-order chi connectivity index (χ1) is 20.5. The Morgan fingerprint density at radius 3 is 2.44 bits per heavy atom. The van der Waals surface area contributed by atoms with Crippen LogP contribution in [0.1, 0.15) is 56.6 Å². The van der Waals surface area contributed by atoms with Crippen LogP contribution in [0.5, 0.6) is 0 Å². The number of rotatable bonds is 11. The number of carbonyl (C=O) groups excluding carboxylic acids is 3. The Labute approximate surface area is 253 Å². The second-order valence-electron chi connectivity index (χ2n) is 12.3. The molecule has 3 amide bonds. The smallest absolute Gasteiger partial charge is 0.274 e. The molecule has 1 aliphatic heterocycles. The van der Waals surface area contributed by atoms with Gasteiger partial charge in [-0.2, -0.15) is 0 Å². The molecule has 0 saturated carbocycles. The van der Waals surface area contributed by atoms with Gasteiger partial charge in [0, 0.05) is 37.6 Å². The fourth-order valence-electron chi connectivity index (χ4n) is 5.31. The van der Waals surface area contributed by atoms with Crippen molar-refractivity contribution in [2.75, 3.05) is 26.7 Å². The van der Waals surface area contributed by atoms with Gasteiger partial charge in [0.15, 0.2) is 0 Å². The molecular weight excluding hydrogens is 547 g/mol. The summed E-state index contributed by atoms with van der Waals surface area (Å²) in [6.45, 7) is 8.81. The topological polar surface area (TPSA) is 99.6 Å². The maximum atomic E-state index is 14.0. The second-order valence-corrected chi connectivity index (χ2v) is 12.3. The Kier molecular flexibility index (Phi) is 10.3. The minimum Gasteiger partial charge on any atom is -0.342 e. The van der Waals surface area contributed by atoms with Gasteiger partial charge in [-0.1, -0.05) is 51.1 Å². The summed E-state index contributed by atoms with van der Waals surface area (Å²) < 4.78 is 15.3. The van der Waals surface area contributed by atoms with Gasteiger partial charge in [0.2, 0.25) is 11.8 Å². The Morgan fingerprint density at radius 2 is 1.79 bits per heavy atom. The molecule has 0 unspecified atom stereocenters. The number of likely N-dealkylation sites (N-methyl/N-ethyl adjacent to an activating group) is 1. The molecule has 9 nitrogen and oxygen atoms in total. The minimum atomic E-state index is -0.721. The van der Waals surface area contributed by atoms with Gasteiger partial charge in [-0.3, -0.25) is 14.4 Å². The lowest BCUT2D eigenvalue weighted by atomic mass is 9.85. The summed E-state index contributed by atoms with van der Waals surface area (Å²) in [6, 6.07) is 14.5. The summed E-state index contributed by atoms with van der Waals surface area (Å²) in [6.07, 6.45) is 5.40. The molecule has 0 radical (unpaired) electrons. The highest BCUT2D eigenvalue weighted by Crippen LogP contribution is 2.27. The van der Waals surface area contributed by atoms with E-state index in [1.807, 2.05) is 56.0 Å². The average Bonchev–Trinajstić information content (AvgIpc) is 3.68. The molecule has 2 heterocycles. The summed E-state index contributed by atoms with van der Waals surface area (Å²) in [5.41, 5.74) is 1.58. The van der Waals surface area contributed by atoms with E-state index in [9.17, 15) is 18.8 Å². The molecule has 43 heavy (non-hydrogen) atoms. The number of imidazole rings is 1. The van der Waals surface area contributed by atoms with Gasteiger partial charge in [0.25, 0.3) is 5.91 Å². The Hall–Kier alpha value is -4.05. The van der Waals surface area contributed by atoms with Crippen molar-refractivity contribution in [1.29, 1.82) is 0 Å². The van der Waals surface area contributed by atoms with E-state index in [0.29, 0.717) is 31.7 Å². The van der Waals surface area contributed by atoms with Crippen molar-refractivity contribution in [1.82, 2.24) is 30.0 Å². The van der Waals surface area contributed by atoms with Crippen LogP contribution in [0.25, 0.3) is 5.69 Å². The molecule has 1 fully saturated rings. The van der Waals surface area contributed by atoms with Gasteiger partial charge >= 0.3 is 0 Å². The predicted octanol–water partition coefficient (Wildman–Crippen LogP) is 3.83. The third-order valence-corrected chi connectivity index (χ3v) is 8.04. The van der Waals surface area contributed by atoms with E-state index in [1.165, 1.54) is 12.1 Å². The summed E-state index contributed by atoms with van der Waals surface area (Å²) >= 11 is 0. The molecular formula is C33H43FN6O3. The Balaban J connectivity index is 1.56. The molecule has 2 aromatic carbocycles. The van der Waals surface area contributed by atoms with Crippen LogP contribution in [0, 0.1) is 11.2 Å². The largest absolute Gasteiger partial charge is 0.342 e. The van der Waals surface area contributed by atoms with Crippen LogP contribution in [0.3, 0.4) is 0 Å². The van der Waals surface area contributed by atoms with Crippen molar-refractivity contribution < 1.29 is 18.8 Å².